The molecule has 9 nitrogen and oxygen atoms in total. The molecular formula is C17H13N7O2. The number of aromatic amines is 1. The maximum atomic E-state index is 10.7. The fourth-order valence-electron chi connectivity index (χ4n) is 2.74. The Hall–Kier alpha value is -3.88. The van der Waals surface area contributed by atoms with E-state index in [4.69, 9.17) is 0 Å². The van der Waals surface area contributed by atoms with Gasteiger partial charge in [0.2, 0.25) is 6.33 Å². The number of imidazole rings is 1. The number of hydrogen-bond donors (Lipinski definition) is 1. The minimum absolute atomic E-state index is 0.156. The summed E-state index contributed by atoms with van der Waals surface area (Å²) in [5.74, 6) is 0.451. The van der Waals surface area contributed by atoms with Crippen LogP contribution in [0.15, 0.2) is 61.1 Å². The lowest BCUT2D eigenvalue weighted by molar-refractivity contribution is -0.389. The maximum absolute atomic E-state index is 10.7. The molecule has 26 heavy (non-hydrogen) atoms. The van der Waals surface area contributed by atoms with E-state index < -0.39 is 4.92 Å². The van der Waals surface area contributed by atoms with Crippen LogP contribution in [0.1, 0.15) is 5.56 Å². The highest BCUT2D eigenvalue weighted by Crippen LogP contribution is 2.29. The summed E-state index contributed by atoms with van der Waals surface area (Å²) in [6, 6.07) is 15.8. The van der Waals surface area contributed by atoms with E-state index in [-0.39, 0.29) is 5.82 Å². The van der Waals surface area contributed by atoms with Crippen LogP contribution in [-0.2, 0) is 6.54 Å². The summed E-state index contributed by atoms with van der Waals surface area (Å²) < 4.78 is 1.68. The van der Waals surface area contributed by atoms with Crippen LogP contribution >= 0.6 is 0 Å². The molecule has 0 radical (unpaired) electrons. The molecular weight excluding hydrogens is 334 g/mol. The molecule has 4 rings (SSSR count). The minimum atomic E-state index is -0.505. The summed E-state index contributed by atoms with van der Waals surface area (Å²) in [6.45, 7) is 0.509. The normalized spacial score (nSPS) is 10.8. The molecule has 9 heteroatoms. The number of aromatic nitrogens is 6. The van der Waals surface area contributed by atoms with Gasteiger partial charge in [0.05, 0.1) is 6.54 Å². The molecule has 2 aromatic carbocycles. The van der Waals surface area contributed by atoms with Gasteiger partial charge in [-0.2, -0.15) is 0 Å². The highest BCUT2D eigenvalue weighted by molar-refractivity contribution is 5.80. The Kier molecular flexibility index (Phi) is 3.94. The van der Waals surface area contributed by atoms with Crippen molar-refractivity contribution < 1.29 is 4.92 Å². The first-order valence-corrected chi connectivity index (χ1v) is 7.79. The molecule has 1 N–H and O–H groups in total. The van der Waals surface area contributed by atoms with E-state index in [1.807, 2.05) is 48.5 Å². The van der Waals surface area contributed by atoms with Crippen molar-refractivity contribution in [2.45, 2.75) is 6.54 Å². The SMILES string of the molecule is O=[N+]([O-])c1cn(Cc2ccc(-c3ccccc3-c3nnn[nH]3)cc2)cn1. The Morgan fingerprint density at radius 2 is 1.85 bits per heavy atom. The molecule has 0 aliphatic heterocycles. The molecule has 0 saturated heterocycles. The molecule has 2 heterocycles. The van der Waals surface area contributed by atoms with Crippen molar-refractivity contribution in [3.05, 3.63) is 76.7 Å². The number of benzene rings is 2. The Morgan fingerprint density at radius 3 is 2.50 bits per heavy atom. The third kappa shape index (κ3) is 3.05. The molecule has 128 valence electrons. The van der Waals surface area contributed by atoms with Gasteiger partial charge in [0.25, 0.3) is 0 Å². The van der Waals surface area contributed by atoms with Crippen molar-refractivity contribution in [1.29, 1.82) is 0 Å². The van der Waals surface area contributed by atoms with Crippen LogP contribution in [0.2, 0.25) is 0 Å². The van der Waals surface area contributed by atoms with Crippen molar-refractivity contribution in [1.82, 2.24) is 30.2 Å². The summed E-state index contributed by atoms with van der Waals surface area (Å²) in [6.07, 6.45) is 2.87. The number of nitrogens with zero attached hydrogens (tertiary/aromatic N) is 6. The number of nitrogens with one attached hydrogen (secondary N) is 1. The largest absolute Gasteiger partial charge is 0.381 e. The second-order valence-electron chi connectivity index (χ2n) is 5.65. The third-order valence-electron chi connectivity index (χ3n) is 3.96. The zero-order valence-corrected chi connectivity index (χ0v) is 13.5. The molecule has 0 saturated carbocycles. The molecule has 0 spiro atoms. The molecule has 0 aliphatic rings. The summed E-state index contributed by atoms with van der Waals surface area (Å²) in [5, 5.41) is 24.7. The van der Waals surface area contributed by atoms with E-state index in [9.17, 15) is 10.1 Å². The van der Waals surface area contributed by atoms with Crippen LogP contribution in [-0.4, -0.2) is 35.1 Å². The summed E-state index contributed by atoms with van der Waals surface area (Å²) >= 11 is 0. The highest BCUT2D eigenvalue weighted by Gasteiger charge is 2.11. The summed E-state index contributed by atoms with van der Waals surface area (Å²) in [5.41, 5.74) is 3.96. The van der Waals surface area contributed by atoms with E-state index in [0.717, 1.165) is 22.3 Å². The van der Waals surface area contributed by atoms with Crippen LogP contribution in [0.3, 0.4) is 0 Å². The van der Waals surface area contributed by atoms with Crippen molar-refractivity contribution in [2.75, 3.05) is 0 Å². The number of nitro groups is 1. The Balaban J connectivity index is 1.60. The molecule has 4 aromatic rings. The van der Waals surface area contributed by atoms with Crippen LogP contribution < -0.4 is 0 Å². The van der Waals surface area contributed by atoms with Crippen molar-refractivity contribution >= 4 is 5.82 Å². The lowest BCUT2D eigenvalue weighted by Crippen LogP contribution is -1.96. The summed E-state index contributed by atoms with van der Waals surface area (Å²) in [4.78, 5) is 14.0. The van der Waals surface area contributed by atoms with Gasteiger partial charge in [-0.3, -0.25) is 0 Å². The number of hydrogen-bond acceptors (Lipinski definition) is 6. The first-order valence-electron chi connectivity index (χ1n) is 7.79. The molecule has 0 unspecified atom stereocenters. The van der Waals surface area contributed by atoms with E-state index in [0.29, 0.717) is 12.4 Å². The van der Waals surface area contributed by atoms with Gasteiger partial charge in [0.1, 0.15) is 6.20 Å². The van der Waals surface area contributed by atoms with Gasteiger partial charge in [0, 0.05) is 5.56 Å². The Labute approximate surface area is 147 Å². The van der Waals surface area contributed by atoms with Gasteiger partial charge in [-0.1, -0.05) is 48.5 Å². The van der Waals surface area contributed by atoms with Gasteiger partial charge < -0.3 is 14.7 Å². The van der Waals surface area contributed by atoms with Gasteiger partial charge >= 0.3 is 5.82 Å². The Bertz CT molecular complexity index is 1040. The second-order valence-corrected chi connectivity index (χ2v) is 5.65. The first-order chi connectivity index (χ1) is 12.7. The summed E-state index contributed by atoms with van der Waals surface area (Å²) in [7, 11) is 0. The molecule has 0 bridgehead atoms. The van der Waals surface area contributed by atoms with Crippen molar-refractivity contribution in [3.63, 3.8) is 0 Å². The monoisotopic (exact) mass is 347 g/mol. The molecule has 0 fully saturated rings. The van der Waals surface area contributed by atoms with Crippen LogP contribution in [0.25, 0.3) is 22.5 Å². The van der Waals surface area contributed by atoms with Gasteiger partial charge in [-0.05, 0) is 37.0 Å². The molecule has 0 aliphatic carbocycles. The average Bonchev–Trinajstić information content (AvgIpc) is 3.34. The van der Waals surface area contributed by atoms with E-state index in [1.165, 1.54) is 12.5 Å². The third-order valence-corrected chi connectivity index (χ3v) is 3.96. The van der Waals surface area contributed by atoms with E-state index in [2.05, 4.69) is 25.6 Å². The average molecular weight is 347 g/mol. The standard InChI is InChI=1S/C17H13N7O2/c25-24(26)16-10-23(11-18-16)9-12-5-7-13(8-6-12)14-3-1-2-4-15(14)17-19-21-22-20-17/h1-8,10-11H,9H2,(H,19,20,21,22). The van der Waals surface area contributed by atoms with E-state index in [1.54, 1.807) is 4.57 Å². The Morgan fingerprint density at radius 1 is 1.08 bits per heavy atom. The van der Waals surface area contributed by atoms with E-state index >= 15 is 0 Å². The van der Waals surface area contributed by atoms with Gasteiger partial charge in [-0.15, -0.1) is 5.10 Å². The lowest BCUT2D eigenvalue weighted by atomic mass is 9.98. The number of tetrazole rings is 1. The van der Waals surface area contributed by atoms with Gasteiger partial charge in [0.15, 0.2) is 5.82 Å². The van der Waals surface area contributed by atoms with Crippen LogP contribution in [0.4, 0.5) is 5.82 Å². The zero-order valence-electron chi connectivity index (χ0n) is 13.5. The number of H-pyrrole nitrogens is 1. The smallest absolute Gasteiger partial charge is 0.358 e. The van der Waals surface area contributed by atoms with Crippen molar-refractivity contribution in [2.24, 2.45) is 0 Å². The first kappa shape index (κ1) is 15.6. The number of rotatable bonds is 5. The minimum Gasteiger partial charge on any atom is -0.358 e. The quantitative estimate of drug-likeness (QED) is 0.438. The predicted molar refractivity (Wildman–Crippen MR) is 93.0 cm³/mol. The second kappa shape index (κ2) is 6.55. The fraction of sp³-hybridized carbons (Fsp3) is 0.0588. The maximum Gasteiger partial charge on any atom is 0.381 e. The van der Waals surface area contributed by atoms with Crippen LogP contribution in [0, 0.1) is 10.1 Å². The highest BCUT2D eigenvalue weighted by atomic mass is 16.6. The van der Waals surface area contributed by atoms with Crippen molar-refractivity contribution in [3.8, 4) is 22.5 Å². The van der Waals surface area contributed by atoms with Gasteiger partial charge in [-0.25, -0.2) is 5.10 Å². The van der Waals surface area contributed by atoms with Crippen LogP contribution in [0.5, 0.6) is 0 Å². The predicted octanol–water partition coefficient (Wildman–Crippen LogP) is 2.69. The zero-order chi connectivity index (χ0) is 17.9. The topological polar surface area (TPSA) is 115 Å². The fourth-order valence-corrected chi connectivity index (χ4v) is 2.74. The molecule has 2 aromatic heterocycles. The lowest BCUT2D eigenvalue weighted by Gasteiger charge is -2.08. The molecule has 0 atom stereocenters. The molecule has 0 amide bonds.